The highest BCUT2D eigenvalue weighted by molar-refractivity contribution is 5.59. The molecule has 0 unspecified atom stereocenters. The molecule has 1 N–H and O–H groups in total. The van der Waals surface area contributed by atoms with Crippen molar-refractivity contribution >= 4 is 11.4 Å². The molecule has 0 radical (unpaired) electrons. The van der Waals surface area contributed by atoms with E-state index in [1.165, 1.54) is 5.56 Å². The fourth-order valence-corrected chi connectivity index (χ4v) is 1.41. The van der Waals surface area contributed by atoms with Crippen LogP contribution in [0.15, 0.2) is 54.6 Å². The summed E-state index contributed by atoms with van der Waals surface area (Å²) in [4.78, 5) is 0. The number of aryl methyl sites for hydroxylation is 1. The van der Waals surface area contributed by atoms with E-state index in [2.05, 4.69) is 48.6 Å². The van der Waals surface area contributed by atoms with Crippen molar-refractivity contribution < 1.29 is 1.43 Å². The van der Waals surface area contributed by atoms with Gasteiger partial charge in [-0.25, -0.2) is 0 Å². The molecule has 1 nitrogen and oxygen atoms in total. The van der Waals surface area contributed by atoms with Crippen LogP contribution in [-0.4, -0.2) is 0 Å². The van der Waals surface area contributed by atoms with Crippen LogP contribution in [0.1, 0.15) is 6.99 Å². The highest BCUT2D eigenvalue weighted by Crippen LogP contribution is 2.16. The number of rotatable bonds is 2. The van der Waals surface area contributed by atoms with Gasteiger partial charge in [0.05, 0.1) is 0 Å². The third-order valence-corrected chi connectivity index (χ3v) is 2.08. The predicted molar refractivity (Wildman–Crippen MR) is 62.0 cm³/mol. The first kappa shape index (κ1) is 8.82. The molecule has 0 aliphatic rings. The molecule has 14 heavy (non-hydrogen) atoms. The number of benzene rings is 2. The smallest absolute Gasteiger partial charge is 0.356 e. The van der Waals surface area contributed by atoms with E-state index in [1.54, 1.807) is 0 Å². The van der Waals surface area contributed by atoms with Crippen molar-refractivity contribution in [3.63, 3.8) is 0 Å². The molecule has 0 amide bonds. The molecular weight excluding hydrogens is 170 g/mol. The lowest BCUT2D eigenvalue weighted by Gasteiger charge is -2.06. The Hall–Kier alpha value is -1.76. The Kier molecular flexibility index (Phi) is 2.50. The number of para-hydroxylation sites is 1. The minimum absolute atomic E-state index is 0. The quantitative estimate of drug-likeness (QED) is 0.747. The van der Waals surface area contributed by atoms with Crippen LogP contribution < -0.4 is 5.32 Å². The zero-order valence-corrected chi connectivity index (χ0v) is 8.20. The molecule has 0 saturated carbocycles. The van der Waals surface area contributed by atoms with Crippen molar-refractivity contribution in [1.82, 2.24) is 0 Å². The van der Waals surface area contributed by atoms with Crippen LogP contribution in [0.3, 0.4) is 0 Å². The SMILES string of the molecule is Cc1cccc(Nc2ccccc2)c1.[H+]. The van der Waals surface area contributed by atoms with E-state index in [0.717, 1.165) is 11.4 Å². The van der Waals surface area contributed by atoms with Crippen molar-refractivity contribution in [1.29, 1.82) is 0 Å². The molecule has 0 saturated heterocycles. The summed E-state index contributed by atoms with van der Waals surface area (Å²) >= 11 is 0. The molecule has 0 aromatic heterocycles. The Bertz CT molecular complexity index is 412. The van der Waals surface area contributed by atoms with Crippen LogP contribution in [0.4, 0.5) is 11.4 Å². The van der Waals surface area contributed by atoms with Crippen LogP contribution in [0.5, 0.6) is 0 Å². The molecule has 0 spiro atoms. The van der Waals surface area contributed by atoms with Crippen LogP contribution in [0.25, 0.3) is 0 Å². The maximum Gasteiger partial charge on any atom is 1.00 e. The Morgan fingerprint density at radius 2 is 1.57 bits per heavy atom. The van der Waals surface area contributed by atoms with Crippen molar-refractivity contribution in [2.75, 3.05) is 5.32 Å². The molecule has 1 heteroatoms. The van der Waals surface area contributed by atoms with Gasteiger partial charge in [-0.15, -0.1) is 0 Å². The third kappa shape index (κ3) is 2.13. The molecule has 0 bridgehead atoms. The maximum absolute atomic E-state index is 3.34. The zero-order chi connectivity index (χ0) is 9.80. The topological polar surface area (TPSA) is 12.0 Å². The second-order valence-electron chi connectivity index (χ2n) is 3.36. The van der Waals surface area contributed by atoms with Gasteiger partial charge in [0, 0.05) is 11.4 Å². The van der Waals surface area contributed by atoms with Gasteiger partial charge in [0.25, 0.3) is 0 Å². The van der Waals surface area contributed by atoms with Crippen LogP contribution >= 0.6 is 0 Å². The van der Waals surface area contributed by atoms with Crippen LogP contribution in [-0.2, 0) is 0 Å². The highest BCUT2D eigenvalue weighted by Gasteiger charge is 1.92. The molecule has 0 aliphatic heterocycles. The second kappa shape index (κ2) is 3.97. The van der Waals surface area contributed by atoms with Gasteiger partial charge in [0.1, 0.15) is 0 Å². The third-order valence-electron chi connectivity index (χ3n) is 2.08. The Morgan fingerprint density at radius 1 is 0.857 bits per heavy atom. The van der Waals surface area contributed by atoms with Gasteiger partial charge in [-0.2, -0.15) is 0 Å². The summed E-state index contributed by atoms with van der Waals surface area (Å²) in [6, 6.07) is 18.5. The maximum atomic E-state index is 3.34. The molecule has 2 rings (SSSR count). The second-order valence-corrected chi connectivity index (χ2v) is 3.36. The summed E-state index contributed by atoms with van der Waals surface area (Å²) in [5.41, 5.74) is 3.53. The number of hydrogen-bond acceptors (Lipinski definition) is 1. The standard InChI is InChI=1S/C13H13N/c1-11-6-5-9-13(10-11)14-12-7-3-2-4-8-12/h2-10,14H,1H3/p+1. The molecule has 0 aliphatic carbocycles. The van der Waals surface area contributed by atoms with Crippen LogP contribution in [0.2, 0.25) is 0 Å². The summed E-state index contributed by atoms with van der Waals surface area (Å²) in [5.74, 6) is 0. The number of nitrogens with one attached hydrogen (secondary N) is 1. The van der Waals surface area contributed by atoms with E-state index in [9.17, 15) is 0 Å². The van der Waals surface area contributed by atoms with Crippen molar-refractivity contribution in [2.45, 2.75) is 6.92 Å². The highest BCUT2D eigenvalue weighted by atomic mass is 14.9. The minimum Gasteiger partial charge on any atom is -0.356 e. The van der Waals surface area contributed by atoms with E-state index in [-0.39, 0.29) is 1.43 Å². The van der Waals surface area contributed by atoms with Gasteiger partial charge in [-0.1, -0.05) is 30.3 Å². The van der Waals surface area contributed by atoms with Crippen LogP contribution in [0, 0.1) is 6.92 Å². The normalized spacial score (nSPS) is 9.79. The largest absolute Gasteiger partial charge is 1.00 e. The van der Waals surface area contributed by atoms with Gasteiger partial charge in [-0.05, 0) is 36.8 Å². The summed E-state index contributed by atoms with van der Waals surface area (Å²) in [7, 11) is 0. The van der Waals surface area contributed by atoms with E-state index in [1.807, 2.05) is 18.2 Å². The number of anilines is 2. The Morgan fingerprint density at radius 3 is 2.29 bits per heavy atom. The fraction of sp³-hybridized carbons (Fsp3) is 0.0769. The average molecular weight is 184 g/mol. The van der Waals surface area contributed by atoms with Gasteiger partial charge in [-0.3, -0.25) is 0 Å². The summed E-state index contributed by atoms with van der Waals surface area (Å²) in [6.07, 6.45) is 0. The summed E-state index contributed by atoms with van der Waals surface area (Å²) < 4.78 is 0. The molecular formula is C13H14N+. The van der Waals surface area contributed by atoms with Gasteiger partial charge in [0.15, 0.2) is 0 Å². The van der Waals surface area contributed by atoms with Gasteiger partial charge >= 0.3 is 1.43 Å². The first-order chi connectivity index (χ1) is 6.84. The molecule has 0 atom stereocenters. The minimum atomic E-state index is 0. The molecule has 2 aromatic rings. The van der Waals surface area contributed by atoms with E-state index in [0.29, 0.717) is 0 Å². The first-order valence-corrected chi connectivity index (χ1v) is 4.73. The number of hydrogen-bond donors (Lipinski definition) is 1. The first-order valence-electron chi connectivity index (χ1n) is 4.73. The molecule has 2 aromatic carbocycles. The van der Waals surface area contributed by atoms with E-state index in [4.69, 9.17) is 0 Å². The lowest BCUT2D eigenvalue weighted by molar-refractivity contribution is 1.45. The average Bonchev–Trinajstić information content (AvgIpc) is 2.19. The van der Waals surface area contributed by atoms with Crippen molar-refractivity contribution in [3.8, 4) is 0 Å². The predicted octanol–water partition coefficient (Wildman–Crippen LogP) is 3.85. The van der Waals surface area contributed by atoms with E-state index >= 15 is 0 Å². The summed E-state index contributed by atoms with van der Waals surface area (Å²) in [6.45, 7) is 2.09. The molecule has 70 valence electrons. The zero-order valence-electron chi connectivity index (χ0n) is 9.20. The van der Waals surface area contributed by atoms with Gasteiger partial charge < -0.3 is 5.32 Å². The van der Waals surface area contributed by atoms with Gasteiger partial charge in [0.2, 0.25) is 0 Å². The lowest BCUT2D eigenvalue weighted by Crippen LogP contribution is -1.89. The Labute approximate surface area is 85.9 Å². The van der Waals surface area contributed by atoms with E-state index < -0.39 is 0 Å². The lowest BCUT2D eigenvalue weighted by atomic mass is 10.2. The molecule has 0 heterocycles. The summed E-state index contributed by atoms with van der Waals surface area (Å²) in [5, 5.41) is 3.34. The molecule has 0 fully saturated rings. The van der Waals surface area contributed by atoms with Crippen molar-refractivity contribution in [2.24, 2.45) is 0 Å². The van der Waals surface area contributed by atoms with Crippen molar-refractivity contribution in [3.05, 3.63) is 60.2 Å². The monoisotopic (exact) mass is 184 g/mol. The Balaban J connectivity index is 0.00000112. The fourth-order valence-electron chi connectivity index (χ4n) is 1.41.